The molecule has 0 aromatic rings. The molecule has 1 nitrogen and oxygen atoms in total. The van der Waals surface area contributed by atoms with Crippen molar-refractivity contribution in [1.29, 1.82) is 0 Å². The van der Waals surface area contributed by atoms with Gasteiger partial charge in [-0.1, -0.05) is 33.0 Å². The summed E-state index contributed by atoms with van der Waals surface area (Å²) in [5, 5.41) is 0. The maximum atomic E-state index is 4.86. The molecule has 0 saturated carbocycles. The van der Waals surface area contributed by atoms with Gasteiger partial charge in [0.1, 0.15) is 0 Å². The molecule has 0 atom stereocenters. The van der Waals surface area contributed by atoms with Crippen molar-refractivity contribution in [3.63, 3.8) is 0 Å². The Labute approximate surface area is 69.4 Å². The highest BCUT2D eigenvalue weighted by molar-refractivity contribution is 7.78. The van der Waals surface area contributed by atoms with Gasteiger partial charge in [-0.15, -0.1) is 0 Å². The van der Waals surface area contributed by atoms with Crippen molar-refractivity contribution in [2.75, 3.05) is 13.1 Å². The van der Waals surface area contributed by atoms with E-state index >= 15 is 0 Å². The van der Waals surface area contributed by atoms with E-state index in [0.29, 0.717) is 5.92 Å². The second kappa shape index (κ2) is 5.66. The molecule has 0 aromatic carbocycles. The molecule has 10 heavy (non-hydrogen) atoms. The minimum absolute atomic E-state index is 0.714. The lowest BCUT2D eigenvalue weighted by Gasteiger charge is -2.19. The molecule has 2 heteroatoms. The zero-order valence-corrected chi connectivity index (χ0v) is 7.95. The van der Waals surface area contributed by atoms with Crippen molar-refractivity contribution >= 4 is 17.7 Å². The highest BCUT2D eigenvalue weighted by Crippen LogP contribution is 1.96. The summed E-state index contributed by atoms with van der Waals surface area (Å²) < 4.78 is 0. The lowest BCUT2D eigenvalue weighted by molar-refractivity contribution is 0.379. The van der Waals surface area contributed by atoms with E-state index in [-0.39, 0.29) is 0 Å². The van der Waals surface area contributed by atoms with Gasteiger partial charge in [0.25, 0.3) is 0 Å². The first-order valence-electron chi connectivity index (χ1n) is 3.90. The molecular weight excluding hydrogens is 142 g/mol. The topological polar surface area (TPSA) is 3.24 Å². The molecule has 0 aliphatic rings. The van der Waals surface area contributed by atoms with Crippen molar-refractivity contribution in [2.45, 2.75) is 27.2 Å². The average molecular weight is 159 g/mol. The van der Waals surface area contributed by atoms with Crippen LogP contribution < -0.4 is 0 Å². The first-order valence-corrected chi connectivity index (χ1v) is 4.37. The molecule has 0 spiro atoms. The van der Waals surface area contributed by atoms with Crippen LogP contribution in [0.1, 0.15) is 27.2 Å². The molecule has 0 fully saturated rings. The Kier molecular flexibility index (Phi) is 5.60. The molecule has 0 aliphatic carbocycles. The molecule has 0 aliphatic heterocycles. The van der Waals surface area contributed by atoms with Crippen molar-refractivity contribution in [2.24, 2.45) is 5.92 Å². The van der Waals surface area contributed by atoms with Crippen LogP contribution in [-0.2, 0) is 0 Å². The Balaban J connectivity index is 3.49. The fourth-order valence-electron chi connectivity index (χ4n) is 0.943. The smallest absolute Gasteiger partial charge is 0.0640 e. The fraction of sp³-hybridized carbons (Fsp3) is 0.875. The molecule has 0 amide bonds. The van der Waals surface area contributed by atoms with Crippen LogP contribution >= 0.6 is 12.2 Å². The van der Waals surface area contributed by atoms with Crippen LogP contribution in [0.25, 0.3) is 0 Å². The number of hydrogen-bond acceptors (Lipinski definition) is 1. The highest BCUT2D eigenvalue weighted by Gasteiger charge is 1.99. The first kappa shape index (κ1) is 9.89. The van der Waals surface area contributed by atoms with Gasteiger partial charge in [-0.3, -0.25) is 0 Å². The van der Waals surface area contributed by atoms with E-state index in [1.807, 2.05) is 0 Å². The Hall–Kier alpha value is -0.110. The highest BCUT2D eigenvalue weighted by atomic mass is 32.1. The Morgan fingerprint density at radius 1 is 1.50 bits per heavy atom. The van der Waals surface area contributed by atoms with Gasteiger partial charge >= 0.3 is 0 Å². The average Bonchev–Trinajstić information content (AvgIpc) is 1.86. The third-order valence-electron chi connectivity index (χ3n) is 1.26. The Morgan fingerprint density at radius 3 is 2.40 bits per heavy atom. The van der Waals surface area contributed by atoms with E-state index in [1.165, 1.54) is 6.42 Å². The summed E-state index contributed by atoms with van der Waals surface area (Å²) in [7, 11) is 0. The molecule has 0 N–H and O–H groups in total. The Morgan fingerprint density at radius 2 is 2.10 bits per heavy atom. The van der Waals surface area contributed by atoms with Crippen LogP contribution in [0.2, 0.25) is 0 Å². The van der Waals surface area contributed by atoms with Crippen LogP contribution in [-0.4, -0.2) is 23.5 Å². The zero-order chi connectivity index (χ0) is 7.98. The number of hydrogen-bond donors (Lipinski definition) is 0. The Bertz CT molecular complexity index is 91.3. The van der Waals surface area contributed by atoms with E-state index in [2.05, 4.69) is 25.7 Å². The quantitative estimate of drug-likeness (QED) is 0.566. The van der Waals surface area contributed by atoms with Gasteiger partial charge in [0.15, 0.2) is 0 Å². The van der Waals surface area contributed by atoms with Crippen molar-refractivity contribution in [1.82, 2.24) is 4.90 Å². The monoisotopic (exact) mass is 159 g/mol. The molecule has 0 radical (unpaired) electrons. The number of rotatable bonds is 5. The van der Waals surface area contributed by atoms with Crippen molar-refractivity contribution in [3.8, 4) is 0 Å². The summed E-state index contributed by atoms with van der Waals surface area (Å²) in [5.74, 6) is 0.714. The molecule has 0 bridgehead atoms. The van der Waals surface area contributed by atoms with Gasteiger partial charge in [0.05, 0.1) is 5.49 Å². The lowest BCUT2D eigenvalue weighted by Crippen LogP contribution is -2.26. The predicted octanol–water partition coefficient (Wildman–Crippen LogP) is 2.31. The maximum absolute atomic E-state index is 4.86. The predicted molar refractivity (Wildman–Crippen MR) is 50.4 cm³/mol. The summed E-state index contributed by atoms with van der Waals surface area (Å²) in [6.45, 7) is 8.79. The largest absolute Gasteiger partial charge is 0.368 e. The van der Waals surface area contributed by atoms with Crippen LogP contribution in [0.4, 0.5) is 0 Å². The minimum atomic E-state index is 0.714. The normalized spacial score (nSPS) is 10.0. The molecule has 0 saturated heterocycles. The summed E-state index contributed by atoms with van der Waals surface area (Å²) in [6, 6.07) is 0. The van der Waals surface area contributed by atoms with Crippen molar-refractivity contribution < 1.29 is 0 Å². The summed E-state index contributed by atoms with van der Waals surface area (Å²) >= 11 is 4.86. The van der Waals surface area contributed by atoms with E-state index in [9.17, 15) is 0 Å². The first-order chi connectivity index (χ1) is 4.70. The van der Waals surface area contributed by atoms with Crippen LogP contribution in [0.15, 0.2) is 0 Å². The standard InChI is InChI=1S/C8H17NS/c1-4-5-9(7-10)6-8(2)3/h7-8H,4-6H2,1-3H3. The van der Waals surface area contributed by atoms with E-state index < -0.39 is 0 Å². The number of thiocarbonyl (C=S) groups is 1. The second-order valence-electron chi connectivity index (χ2n) is 2.99. The third-order valence-corrected chi connectivity index (χ3v) is 1.56. The van der Waals surface area contributed by atoms with Gasteiger partial charge in [-0.05, 0) is 12.3 Å². The van der Waals surface area contributed by atoms with Crippen LogP contribution in [0.3, 0.4) is 0 Å². The molecule has 0 heterocycles. The van der Waals surface area contributed by atoms with Gasteiger partial charge < -0.3 is 4.90 Å². The molecule has 60 valence electrons. The van der Waals surface area contributed by atoms with Gasteiger partial charge in [0, 0.05) is 13.1 Å². The second-order valence-corrected chi connectivity index (χ2v) is 3.21. The van der Waals surface area contributed by atoms with E-state index in [4.69, 9.17) is 12.2 Å². The van der Waals surface area contributed by atoms with Gasteiger partial charge in [0.2, 0.25) is 0 Å². The van der Waals surface area contributed by atoms with Gasteiger partial charge in [-0.2, -0.15) is 0 Å². The molecule has 0 aromatic heterocycles. The maximum Gasteiger partial charge on any atom is 0.0640 e. The van der Waals surface area contributed by atoms with Crippen LogP contribution in [0, 0.1) is 5.92 Å². The summed E-state index contributed by atoms with van der Waals surface area (Å²) in [4.78, 5) is 2.19. The zero-order valence-electron chi connectivity index (χ0n) is 7.13. The molecular formula is C8H17NS. The fourth-order valence-corrected chi connectivity index (χ4v) is 1.13. The summed E-state index contributed by atoms with van der Waals surface area (Å²) in [5.41, 5.74) is 1.77. The van der Waals surface area contributed by atoms with Crippen molar-refractivity contribution in [3.05, 3.63) is 0 Å². The van der Waals surface area contributed by atoms with E-state index in [1.54, 1.807) is 5.49 Å². The summed E-state index contributed by atoms with van der Waals surface area (Å²) in [6.07, 6.45) is 1.18. The van der Waals surface area contributed by atoms with Crippen LogP contribution in [0.5, 0.6) is 0 Å². The molecule has 0 unspecified atom stereocenters. The molecule has 0 rings (SSSR count). The number of nitrogens with zero attached hydrogens (tertiary/aromatic N) is 1. The van der Waals surface area contributed by atoms with E-state index in [0.717, 1.165) is 13.1 Å². The third kappa shape index (κ3) is 4.74. The SMILES string of the molecule is CCCN(C=S)CC(C)C. The lowest BCUT2D eigenvalue weighted by atomic mass is 10.2. The van der Waals surface area contributed by atoms with Gasteiger partial charge in [-0.25, -0.2) is 0 Å². The minimum Gasteiger partial charge on any atom is -0.368 e.